The van der Waals surface area contributed by atoms with Gasteiger partial charge in [0.05, 0.1) is 25.4 Å². The minimum Gasteiger partial charge on any atom is -0.481 e. The van der Waals surface area contributed by atoms with Gasteiger partial charge in [-0.1, -0.05) is 60.7 Å². The molecule has 5 rings (SSSR count). The molecule has 0 spiro atoms. The van der Waals surface area contributed by atoms with Crippen LogP contribution in [0.5, 0.6) is 17.8 Å². The Morgan fingerprint density at radius 2 is 1.57 bits per heavy atom. The zero-order valence-corrected chi connectivity index (χ0v) is 26.8. The molecule has 3 heterocycles. The molecule has 2 amide bonds. The van der Waals surface area contributed by atoms with Crippen LogP contribution in [0.2, 0.25) is 0 Å². The average molecular weight is 603 g/mol. The number of hydrogen-bond donors (Lipinski definition) is 0. The molecule has 2 aliphatic rings. The predicted octanol–water partition coefficient (Wildman–Crippen LogP) is 4.36. The summed E-state index contributed by atoms with van der Waals surface area (Å²) in [6, 6.07) is 22.1. The third-order valence-corrected chi connectivity index (χ3v) is 8.33. The number of carbonyl (C=O) groups is 1. The number of nitrogens with zero attached hydrogens (tertiary/aromatic N) is 6. The number of methoxy groups -OCH3 is 1. The van der Waals surface area contributed by atoms with E-state index in [1.807, 2.05) is 39.8 Å². The Morgan fingerprint density at radius 3 is 2.14 bits per heavy atom. The van der Waals surface area contributed by atoms with Crippen LogP contribution in [0.3, 0.4) is 0 Å². The second-order valence-corrected chi connectivity index (χ2v) is 12.0. The topological polar surface area (TPSA) is 83.5 Å². The third kappa shape index (κ3) is 7.08. The Balaban J connectivity index is 1.55. The maximum atomic E-state index is 13.1. The summed E-state index contributed by atoms with van der Waals surface area (Å²) >= 11 is 0. The first kappa shape index (κ1) is 31.5. The van der Waals surface area contributed by atoms with Gasteiger partial charge in [-0.15, -0.1) is 0 Å². The number of benzene rings is 2. The van der Waals surface area contributed by atoms with Crippen molar-refractivity contribution in [2.75, 3.05) is 60.5 Å². The van der Waals surface area contributed by atoms with Gasteiger partial charge in [-0.3, -0.25) is 9.80 Å². The zero-order valence-electron chi connectivity index (χ0n) is 26.8. The van der Waals surface area contributed by atoms with Gasteiger partial charge in [0.15, 0.2) is 0 Å². The van der Waals surface area contributed by atoms with E-state index in [0.29, 0.717) is 38.0 Å². The van der Waals surface area contributed by atoms with Crippen LogP contribution in [0.4, 0.5) is 4.79 Å². The summed E-state index contributed by atoms with van der Waals surface area (Å²) < 4.78 is 17.6. The number of urea groups is 1. The third-order valence-electron chi connectivity index (χ3n) is 8.33. The normalized spacial score (nSPS) is 19.1. The fourth-order valence-electron chi connectivity index (χ4n) is 6.52. The largest absolute Gasteiger partial charge is 0.481 e. The standard InChI is InChI=1S/C34H46N6O4/c1-7-43-33-35-31(42-6)28(32(36-33)44-24(2)3)22-38-20-27-21-39(34(41)37(4)5)18-19-40(27)29(23-38)30(25-14-10-8-11-15-25)26-16-12-9-13-17-26/h8-17,24,27,29-30H,7,18-23H2,1-6H3. The van der Waals surface area contributed by atoms with Crippen molar-refractivity contribution in [3.8, 4) is 17.8 Å². The molecule has 10 heteroatoms. The Morgan fingerprint density at radius 1 is 0.932 bits per heavy atom. The van der Waals surface area contributed by atoms with Crippen molar-refractivity contribution < 1.29 is 19.0 Å². The smallest absolute Gasteiger partial charge is 0.323 e. The highest BCUT2D eigenvalue weighted by molar-refractivity contribution is 5.74. The quantitative estimate of drug-likeness (QED) is 0.339. The highest BCUT2D eigenvalue weighted by Gasteiger charge is 2.43. The van der Waals surface area contributed by atoms with Crippen molar-refractivity contribution in [2.24, 2.45) is 0 Å². The highest BCUT2D eigenvalue weighted by atomic mass is 16.5. The summed E-state index contributed by atoms with van der Waals surface area (Å²) in [5, 5.41) is 0. The van der Waals surface area contributed by atoms with Crippen molar-refractivity contribution in [1.29, 1.82) is 0 Å². The maximum Gasteiger partial charge on any atom is 0.323 e. The van der Waals surface area contributed by atoms with Crippen LogP contribution in [-0.2, 0) is 6.54 Å². The Labute approximate surface area is 261 Å². The Bertz CT molecular complexity index is 1330. The molecule has 2 atom stereocenters. The van der Waals surface area contributed by atoms with Gasteiger partial charge in [-0.25, -0.2) is 4.79 Å². The number of carbonyl (C=O) groups excluding carboxylic acids is 1. The van der Waals surface area contributed by atoms with Crippen LogP contribution in [-0.4, -0.2) is 114 Å². The first-order valence-electron chi connectivity index (χ1n) is 15.6. The molecule has 2 fully saturated rings. The van der Waals surface area contributed by atoms with Gasteiger partial charge in [0.2, 0.25) is 11.8 Å². The van der Waals surface area contributed by atoms with Crippen LogP contribution < -0.4 is 14.2 Å². The molecular formula is C34H46N6O4. The van der Waals surface area contributed by atoms with E-state index in [1.165, 1.54) is 11.1 Å². The van der Waals surface area contributed by atoms with Crippen LogP contribution in [0.1, 0.15) is 43.4 Å². The fourth-order valence-corrected chi connectivity index (χ4v) is 6.52. The van der Waals surface area contributed by atoms with Crippen molar-refractivity contribution in [1.82, 2.24) is 29.6 Å². The molecule has 2 saturated heterocycles. The molecule has 0 bridgehead atoms. The van der Waals surface area contributed by atoms with Gasteiger partial charge in [0, 0.05) is 71.4 Å². The molecule has 0 N–H and O–H groups in total. The van der Waals surface area contributed by atoms with Crippen molar-refractivity contribution in [2.45, 2.75) is 51.4 Å². The SMILES string of the molecule is CCOc1nc(OC)c(CN2CC3CN(C(=O)N(C)C)CCN3C(C(c3ccccc3)c3ccccc3)C2)c(OC(C)C)n1. The average Bonchev–Trinajstić information content (AvgIpc) is 3.02. The van der Waals surface area contributed by atoms with Crippen molar-refractivity contribution >= 4 is 6.03 Å². The van der Waals surface area contributed by atoms with Gasteiger partial charge >= 0.3 is 12.0 Å². The number of aromatic nitrogens is 2. The van der Waals surface area contributed by atoms with E-state index in [1.54, 1.807) is 12.0 Å². The highest BCUT2D eigenvalue weighted by Crippen LogP contribution is 2.37. The number of ether oxygens (including phenoxy) is 3. The number of piperazine rings is 2. The molecule has 236 valence electrons. The van der Waals surface area contributed by atoms with Gasteiger partial charge in [-0.05, 0) is 31.9 Å². The maximum absolute atomic E-state index is 13.1. The van der Waals surface area contributed by atoms with E-state index >= 15 is 0 Å². The molecule has 1 aromatic heterocycles. The van der Waals surface area contributed by atoms with Crippen LogP contribution >= 0.6 is 0 Å². The summed E-state index contributed by atoms with van der Waals surface area (Å²) in [6.45, 7) is 10.6. The number of hydrogen-bond acceptors (Lipinski definition) is 8. The van der Waals surface area contributed by atoms with E-state index in [0.717, 1.165) is 25.2 Å². The summed E-state index contributed by atoms with van der Waals surface area (Å²) in [6.07, 6.45) is -0.0862. The van der Waals surface area contributed by atoms with Gasteiger partial charge < -0.3 is 24.0 Å². The molecule has 0 radical (unpaired) electrons. The van der Waals surface area contributed by atoms with Crippen LogP contribution in [0.25, 0.3) is 0 Å². The lowest BCUT2D eigenvalue weighted by molar-refractivity contribution is -0.0271. The van der Waals surface area contributed by atoms with Crippen LogP contribution in [0, 0.1) is 0 Å². The Hall–Kier alpha value is -3.89. The van der Waals surface area contributed by atoms with E-state index in [9.17, 15) is 4.79 Å². The molecule has 2 aromatic carbocycles. The second-order valence-electron chi connectivity index (χ2n) is 12.0. The molecule has 10 nitrogen and oxygen atoms in total. The summed E-state index contributed by atoms with van der Waals surface area (Å²) in [4.78, 5) is 31.0. The monoisotopic (exact) mass is 602 g/mol. The zero-order chi connectivity index (χ0) is 31.2. The van der Waals surface area contributed by atoms with Gasteiger partial charge in [0.25, 0.3) is 0 Å². The first-order chi connectivity index (χ1) is 21.3. The Kier molecular flexibility index (Phi) is 10.2. The van der Waals surface area contributed by atoms with Gasteiger partial charge in [-0.2, -0.15) is 9.97 Å². The molecular weight excluding hydrogens is 556 g/mol. The van der Waals surface area contributed by atoms with E-state index in [-0.39, 0.29) is 36.1 Å². The minimum absolute atomic E-state index is 0.0511. The predicted molar refractivity (Wildman–Crippen MR) is 170 cm³/mol. The number of fused-ring (bicyclic) bond motifs is 1. The molecule has 0 saturated carbocycles. The van der Waals surface area contributed by atoms with Crippen molar-refractivity contribution in [3.63, 3.8) is 0 Å². The first-order valence-corrected chi connectivity index (χ1v) is 15.6. The molecule has 44 heavy (non-hydrogen) atoms. The lowest BCUT2D eigenvalue weighted by atomic mass is 9.81. The molecule has 3 aromatic rings. The summed E-state index contributed by atoms with van der Waals surface area (Å²) in [5.41, 5.74) is 3.36. The van der Waals surface area contributed by atoms with E-state index < -0.39 is 0 Å². The van der Waals surface area contributed by atoms with E-state index in [4.69, 9.17) is 14.2 Å². The number of rotatable bonds is 10. The molecule has 2 unspecified atom stereocenters. The summed E-state index contributed by atoms with van der Waals surface area (Å²) in [5.74, 6) is 1.07. The lowest BCUT2D eigenvalue weighted by Gasteiger charge is -2.53. The molecule has 0 aliphatic carbocycles. The summed E-state index contributed by atoms with van der Waals surface area (Å²) in [7, 11) is 5.26. The lowest BCUT2D eigenvalue weighted by Crippen LogP contribution is -2.67. The second kappa shape index (κ2) is 14.3. The van der Waals surface area contributed by atoms with Crippen molar-refractivity contribution in [3.05, 3.63) is 77.4 Å². The number of amides is 2. The van der Waals surface area contributed by atoms with Gasteiger partial charge in [0.1, 0.15) is 0 Å². The molecule has 2 aliphatic heterocycles. The fraction of sp³-hybridized carbons (Fsp3) is 0.500. The minimum atomic E-state index is -0.0862. The van der Waals surface area contributed by atoms with Crippen LogP contribution in [0.15, 0.2) is 60.7 Å². The van der Waals surface area contributed by atoms with E-state index in [2.05, 4.69) is 80.4 Å².